The molecule has 6 nitrogen and oxygen atoms in total. The summed E-state index contributed by atoms with van der Waals surface area (Å²) in [6.45, 7) is 3.82. The van der Waals surface area contributed by atoms with Gasteiger partial charge >= 0.3 is 0 Å². The topological polar surface area (TPSA) is 87.3 Å². The van der Waals surface area contributed by atoms with Crippen LogP contribution in [-0.2, 0) is 14.4 Å². The lowest BCUT2D eigenvalue weighted by Gasteiger charge is -2.21. The molecule has 1 rings (SSSR count). The Labute approximate surface area is 94.2 Å². The lowest BCUT2D eigenvalue weighted by atomic mass is 10.1. The van der Waals surface area contributed by atoms with Crippen LogP contribution >= 0.6 is 0 Å². The second-order valence-electron chi connectivity index (χ2n) is 4.11. The Morgan fingerprint density at radius 2 is 2.19 bits per heavy atom. The van der Waals surface area contributed by atoms with Gasteiger partial charge < -0.3 is 5.32 Å². The molecule has 1 aliphatic rings. The highest BCUT2D eigenvalue weighted by Gasteiger charge is 2.26. The van der Waals surface area contributed by atoms with Gasteiger partial charge in [-0.1, -0.05) is 0 Å². The lowest BCUT2D eigenvalue weighted by molar-refractivity contribution is -0.134. The minimum atomic E-state index is -0.449. The van der Waals surface area contributed by atoms with Crippen LogP contribution in [0.15, 0.2) is 0 Å². The highest BCUT2D eigenvalue weighted by Crippen LogP contribution is 2.03. The van der Waals surface area contributed by atoms with Crippen molar-refractivity contribution in [2.75, 3.05) is 6.54 Å². The number of hydrogen-bond donors (Lipinski definition) is 3. The summed E-state index contributed by atoms with van der Waals surface area (Å²) in [7, 11) is 0. The average molecular weight is 227 g/mol. The zero-order chi connectivity index (χ0) is 12.1. The summed E-state index contributed by atoms with van der Waals surface area (Å²) >= 11 is 0. The Bertz CT molecular complexity index is 302. The fourth-order valence-electron chi connectivity index (χ4n) is 1.48. The van der Waals surface area contributed by atoms with Crippen molar-refractivity contribution in [3.63, 3.8) is 0 Å². The maximum absolute atomic E-state index is 11.3. The molecule has 0 aromatic rings. The van der Waals surface area contributed by atoms with E-state index in [1.165, 1.54) is 0 Å². The molecule has 1 saturated heterocycles. The smallest absolute Gasteiger partial charge is 0.243 e. The van der Waals surface area contributed by atoms with Gasteiger partial charge in [-0.15, -0.1) is 0 Å². The third-order valence-electron chi connectivity index (χ3n) is 2.20. The molecule has 0 radical (unpaired) electrons. The zero-order valence-corrected chi connectivity index (χ0v) is 9.50. The molecule has 6 heteroatoms. The average Bonchev–Trinajstić information content (AvgIpc) is 2.15. The molecule has 0 bridgehead atoms. The predicted octanol–water partition coefficient (Wildman–Crippen LogP) is -1.09. The van der Waals surface area contributed by atoms with Crippen molar-refractivity contribution in [1.82, 2.24) is 16.0 Å². The molecular formula is C10H17N3O3. The van der Waals surface area contributed by atoms with E-state index in [1.807, 2.05) is 13.8 Å². The number of amides is 3. The molecule has 3 amide bonds. The van der Waals surface area contributed by atoms with Crippen molar-refractivity contribution in [2.45, 2.75) is 38.8 Å². The van der Waals surface area contributed by atoms with Gasteiger partial charge in [0.2, 0.25) is 17.7 Å². The molecular weight excluding hydrogens is 210 g/mol. The molecule has 0 aliphatic carbocycles. The number of rotatable bonds is 4. The molecule has 16 heavy (non-hydrogen) atoms. The van der Waals surface area contributed by atoms with E-state index in [2.05, 4.69) is 16.0 Å². The Morgan fingerprint density at radius 1 is 1.50 bits per heavy atom. The summed E-state index contributed by atoms with van der Waals surface area (Å²) in [6, 6.07) is -0.369. The van der Waals surface area contributed by atoms with E-state index in [1.54, 1.807) is 0 Å². The van der Waals surface area contributed by atoms with Crippen LogP contribution in [0.5, 0.6) is 0 Å². The summed E-state index contributed by atoms with van der Waals surface area (Å²) < 4.78 is 0. The van der Waals surface area contributed by atoms with Crippen LogP contribution in [0.1, 0.15) is 26.7 Å². The van der Waals surface area contributed by atoms with E-state index in [0.717, 1.165) is 0 Å². The van der Waals surface area contributed by atoms with Crippen molar-refractivity contribution >= 4 is 17.7 Å². The molecule has 1 aliphatic heterocycles. The first-order valence-electron chi connectivity index (χ1n) is 5.35. The summed E-state index contributed by atoms with van der Waals surface area (Å²) in [6.07, 6.45) is 0.759. The summed E-state index contributed by atoms with van der Waals surface area (Å²) in [4.78, 5) is 33.5. The van der Waals surface area contributed by atoms with Crippen molar-refractivity contribution in [3.05, 3.63) is 0 Å². The van der Waals surface area contributed by atoms with Crippen LogP contribution in [0.3, 0.4) is 0 Å². The van der Waals surface area contributed by atoms with Gasteiger partial charge in [-0.25, -0.2) is 0 Å². The Hall–Kier alpha value is -1.43. The van der Waals surface area contributed by atoms with Crippen molar-refractivity contribution in [3.8, 4) is 0 Å². The molecule has 1 fully saturated rings. The van der Waals surface area contributed by atoms with Crippen molar-refractivity contribution < 1.29 is 14.4 Å². The fraction of sp³-hybridized carbons (Fsp3) is 0.700. The molecule has 90 valence electrons. The van der Waals surface area contributed by atoms with Gasteiger partial charge in [0, 0.05) is 12.5 Å². The van der Waals surface area contributed by atoms with E-state index < -0.39 is 6.04 Å². The standard InChI is InChI=1S/C10H17N3O3/c1-6(2)12-9(15)5-11-7-3-4-8(14)13-10(7)16/h6-7,11H,3-5H2,1-2H3,(H,12,15)(H,13,14,16). The number of imide groups is 1. The van der Waals surface area contributed by atoms with Gasteiger partial charge in [0.15, 0.2) is 0 Å². The molecule has 0 saturated carbocycles. The first-order valence-corrected chi connectivity index (χ1v) is 5.35. The first-order chi connectivity index (χ1) is 7.49. The molecule has 1 unspecified atom stereocenters. The minimum absolute atomic E-state index is 0.0797. The van der Waals surface area contributed by atoms with Gasteiger partial charge in [0.05, 0.1) is 12.6 Å². The molecule has 1 heterocycles. The normalized spacial score (nSPS) is 20.8. The maximum atomic E-state index is 11.3. The predicted molar refractivity (Wildman–Crippen MR) is 57.5 cm³/mol. The zero-order valence-electron chi connectivity index (χ0n) is 9.50. The third-order valence-corrected chi connectivity index (χ3v) is 2.20. The van der Waals surface area contributed by atoms with Gasteiger partial charge in [-0.05, 0) is 20.3 Å². The van der Waals surface area contributed by atoms with Crippen molar-refractivity contribution in [1.29, 1.82) is 0 Å². The van der Waals surface area contributed by atoms with Crippen LogP contribution in [-0.4, -0.2) is 36.3 Å². The maximum Gasteiger partial charge on any atom is 0.243 e. The van der Waals surface area contributed by atoms with Crippen LogP contribution in [0, 0.1) is 0 Å². The lowest BCUT2D eigenvalue weighted by Crippen LogP contribution is -2.52. The van der Waals surface area contributed by atoms with E-state index in [4.69, 9.17) is 0 Å². The van der Waals surface area contributed by atoms with Crippen LogP contribution in [0.2, 0.25) is 0 Å². The van der Waals surface area contributed by atoms with Gasteiger partial charge in [0.1, 0.15) is 0 Å². The van der Waals surface area contributed by atoms with Gasteiger partial charge in [-0.2, -0.15) is 0 Å². The second kappa shape index (κ2) is 5.60. The van der Waals surface area contributed by atoms with Gasteiger partial charge in [0.25, 0.3) is 0 Å². The Balaban J connectivity index is 2.30. The second-order valence-corrected chi connectivity index (χ2v) is 4.11. The van der Waals surface area contributed by atoms with Gasteiger partial charge in [-0.3, -0.25) is 25.0 Å². The SMILES string of the molecule is CC(C)NC(=O)CNC1CCC(=O)NC1=O. The molecule has 0 aromatic heterocycles. The van der Waals surface area contributed by atoms with Crippen LogP contribution in [0.25, 0.3) is 0 Å². The quantitative estimate of drug-likeness (QED) is 0.532. The summed E-state index contributed by atoms with van der Waals surface area (Å²) in [5.74, 6) is -0.761. The first kappa shape index (κ1) is 12.6. The highest BCUT2D eigenvalue weighted by molar-refractivity contribution is 6.00. The number of carbonyl (C=O) groups excluding carboxylic acids is 3. The van der Waals surface area contributed by atoms with Crippen LogP contribution < -0.4 is 16.0 Å². The van der Waals surface area contributed by atoms with E-state index in [-0.39, 0.29) is 30.3 Å². The fourth-order valence-corrected chi connectivity index (χ4v) is 1.48. The highest BCUT2D eigenvalue weighted by atomic mass is 16.2. The number of hydrogen-bond acceptors (Lipinski definition) is 4. The monoisotopic (exact) mass is 227 g/mol. The van der Waals surface area contributed by atoms with Crippen molar-refractivity contribution in [2.24, 2.45) is 0 Å². The number of nitrogens with one attached hydrogen (secondary N) is 3. The molecule has 1 atom stereocenters. The Morgan fingerprint density at radius 3 is 2.75 bits per heavy atom. The largest absolute Gasteiger partial charge is 0.353 e. The molecule has 0 aromatic carbocycles. The molecule has 0 spiro atoms. The third kappa shape index (κ3) is 3.98. The van der Waals surface area contributed by atoms with E-state index >= 15 is 0 Å². The Kier molecular flexibility index (Phi) is 4.42. The minimum Gasteiger partial charge on any atom is -0.353 e. The number of piperidine rings is 1. The van der Waals surface area contributed by atoms with Crippen LogP contribution in [0.4, 0.5) is 0 Å². The van der Waals surface area contributed by atoms with E-state index in [9.17, 15) is 14.4 Å². The van der Waals surface area contributed by atoms with E-state index in [0.29, 0.717) is 12.8 Å². The number of carbonyl (C=O) groups is 3. The summed E-state index contributed by atoms with van der Waals surface area (Å²) in [5, 5.41) is 7.75. The summed E-state index contributed by atoms with van der Waals surface area (Å²) in [5.41, 5.74) is 0. The molecule has 3 N–H and O–H groups in total.